The Balaban J connectivity index is 0.00000144. The van der Waals surface area contributed by atoms with Crippen molar-refractivity contribution in [3.8, 4) is 0 Å². The predicted molar refractivity (Wildman–Crippen MR) is 70.9 cm³/mol. The number of likely N-dealkylation sites (tertiary alicyclic amines) is 1. The van der Waals surface area contributed by atoms with Gasteiger partial charge in [-0.15, -0.1) is 12.4 Å². The molecule has 0 saturated carbocycles. The van der Waals surface area contributed by atoms with Crippen molar-refractivity contribution >= 4 is 12.4 Å². The van der Waals surface area contributed by atoms with E-state index in [-0.39, 0.29) is 24.3 Å². The van der Waals surface area contributed by atoms with Gasteiger partial charge in [-0.25, -0.2) is 4.39 Å². The smallest absolute Gasteiger partial charge is 0.126 e. The van der Waals surface area contributed by atoms with Crippen LogP contribution < -0.4 is 5.73 Å². The second-order valence-corrected chi connectivity index (χ2v) is 4.72. The first-order chi connectivity index (χ1) is 7.65. The van der Waals surface area contributed by atoms with E-state index < -0.39 is 0 Å². The number of piperidine rings is 1. The van der Waals surface area contributed by atoms with Crippen LogP contribution in [0.3, 0.4) is 0 Å². The zero-order chi connectivity index (χ0) is 11.5. The Morgan fingerprint density at radius 2 is 2.24 bits per heavy atom. The molecule has 0 radical (unpaired) electrons. The van der Waals surface area contributed by atoms with E-state index in [4.69, 9.17) is 5.73 Å². The van der Waals surface area contributed by atoms with Crippen LogP contribution in [0.4, 0.5) is 4.39 Å². The molecule has 2 N–H and O–H groups in total. The minimum atomic E-state index is -0.112. The molecule has 0 aliphatic carbocycles. The lowest BCUT2D eigenvalue weighted by molar-refractivity contribution is 0.201. The number of aryl methyl sites for hydroxylation is 1. The van der Waals surface area contributed by atoms with Crippen molar-refractivity contribution in [1.29, 1.82) is 0 Å². The van der Waals surface area contributed by atoms with Crippen LogP contribution in [0.25, 0.3) is 0 Å². The van der Waals surface area contributed by atoms with Gasteiger partial charge < -0.3 is 5.73 Å². The summed E-state index contributed by atoms with van der Waals surface area (Å²) in [4.78, 5) is 2.30. The summed E-state index contributed by atoms with van der Waals surface area (Å²) < 4.78 is 13.4. The summed E-state index contributed by atoms with van der Waals surface area (Å²) in [6.45, 7) is 4.60. The molecule has 17 heavy (non-hydrogen) atoms. The van der Waals surface area contributed by atoms with Gasteiger partial charge in [0.25, 0.3) is 0 Å². The molecule has 1 aromatic rings. The topological polar surface area (TPSA) is 29.3 Å². The second-order valence-electron chi connectivity index (χ2n) is 4.72. The molecule has 1 fully saturated rings. The van der Waals surface area contributed by atoms with Crippen LogP contribution in [-0.4, -0.2) is 24.0 Å². The Bertz CT molecular complexity index is 370. The molecule has 4 heteroatoms. The maximum atomic E-state index is 13.4. The minimum absolute atomic E-state index is 0. The molecule has 2 nitrogen and oxygen atoms in total. The number of hydrogen-bond donors (Lipinski definition) is 1. The van der Waals surface area contributed by atoms with Crippen molar-refractivity contribution in [3.05, 3.63) is 35.1 Å². The number of benzene rings is 1. The Kier molecular flexibility index (Phi) is 5.37. The van der Waals surface area contributed by atoms with Crippen molar-refractivity contribution < 1.29 is 4.39 Å². The molecule has 1 atom stereocenters. The van der Waals surface area contributed by atoms with Crippen LogP contribution in [-0.2, 0) is 6.54 Å². The van der Waals surface area contributed by atoms with Gasteiger partial charge in [0.2, 0.25) is 0 Å². The fourth-order valence-electron chi connectivity index (χ4n) is 2.23. The molecular weight excluding hydrogens is 239 g/mol. The summed E-state index contributed by atoms with van der Waals surface area (Å²) in [6, 6.07) is 5.76. The first kappa shape index (κ1) is 14.4. The number of hydrogen-bond acceptors (Lipinski definition) is 2. The average Bonchev–Trinajstić information content (AvgIpc) is 2.24. The molecule has 1 aliphatic heterocycles. The van der Waals surface area contributed by atoms with Crippen LogP contribution in [0.15, 0.2) is 18.2 Å². The molecule has 0 spiro atoms. The summed E-state index contributed by atoms with van der Waals surface area (Å²) >= 11 is 0. The van der Waals surface area contributed by atoms with Crippen molar-refractivity contribution in [2.75, 3.05) is 13.1 Å². The average molecular weight is 259 g/mol. The molecule has 0 bridgehead atoms. The third kappa shape index (κ3) is 3.95. The standard InChI is InChI=1S/C13H19FN2.ClH/c1-10-4-5-11(7-13(10)14)8-16-6-2-3-12(15)9-16;/h4-5,7,12H,2-3,6,8-9,15H2,1H3;1H. The van der Waals surface area contributed by atoms with Gasteiger partial charge in [0.15, 0.2) is 0 Å². The van der Waals surface area contributed by atoms with Gasteiger partial charge in [0.05, 0.1) is 0 Å². The van der Waals surface area contributed by atoms with Crippen molar-refractivity contribution in [2.45, 2.75) is 32.4 Å². The van der Waals surface area contributed by atoms with Gasteiger partial charge in [-0.1, -0.05) is 12.1 Å². The van der Waals surface area contributed by atoms with Gasteiger partial charge in [-0.05, 0) is 43.5 Å². The van der Waals surface area contributed by atoms with Crippen LogP contribution in [0.5, 0.6) is 0 Å². The van der Waals surface area contributed by atoms with E-state index in [1.807, 2.05) is 12.1 Å². The normalized spacial score (nSPS) is 21.0. The summed E-state index contributed by atoms with van der Waals surface area (Å²) in [5.41, 5.74) is 7.66. The summed E-state index contributed by atoms with van der Waals surface area (Å²) in [7, 11) is 0. The van der Waals surface area contributed by atoms with Gasteiger partial charge in [-0.2, -0.15) is 0 Å². The molecule has 1 saturated heterocycles. The van der Waals surface area contributed by atoms with E-state index in [2.05, 4.69) is 4.90 Å². The molecule has 1 aromatic carbocycles. The highest BCUT2D eigenvalue weighted by Crippen LogP contribution is 2.15. The van der Waals surface area contributed by atoms with Gasteiger partial charge in [0, 0.05) is 19.1 Å². The zero-order valence-electron chi connectivity index (χ0n) is 10.2. The summed E-state index contributed by atoms with van der Waals surface area (Å²) in [5.74, 6) is -0.112. The van der Waals surface area contributed by atoms with E-state index in [0.29, 0.717) is 5.56 Å². The molecular formula is C13H20ClFN2. The first-order valence-electron chi connectivity index (χ1n) is 5.88. The summed E-state index contributed by atoms with van der Waals surface area (Å²) in [5, 5.41) is 0. The van der Waals surface area contributed by atoms with Crippen LogP contribution in [0.2, 0.25) is 0 Å². The SMILES string of the molecule is Cc1ccc(CN2CCCC(N)C2)cc1F.Cl. The van der Waals surface area contributed by atoms with Crippen LogP contribution in [0.1, 0.15) is 24.0 Å². The molecule has 1 heterocycles. The van der Waals surface area contributed by atoms with E-state index in [1.54, 1.807) is 13.0 Å². The Morgan fingerprint density at radius 1 is 1.47 bits per heavy atom. The summed E-state index contributed by atoms with van der Waals surface area (Å²) in [6.07, 6.45) is 2.26. The van der Waals surface area contributed by atoms with Crippen molar-refractivity contribution in [2.24, 2.45) is 5.73 Å². The molecule has 0 amide bonds. The Hall–Kier alpha value is -0.640. The molecule has 1 aliphatic rings. The zero-order valence-corrected chi connectivity index (χ0v) is 11.0. The monoisotopic (exact) mass is 258 g/mol. The Labute approximate surface area is 108 Å². The van der Waals surface area contributed by atoms with E-state index in [1.165, 1.54) is 0 Å². The number of nitrogens with zero attached hydrogens (tertiary/aromatic N) is 1. The molecule has 96 valence electrons. The minimum Gasteiger partial charge on any atom is -0.327 e. The van der Waals surface area contributed by atoms with Gasteiger partial charge in [-0.3, -0.25) is 4.90 Å². The van der Waals surface area contributed by atoms with Crippen LogP contribution >= 0.6 is 12.4 Å². The maximum Gasteiger partial charge on any atom is 0.126 e. The lowest BCUT2D eigenvalue weighted by Gasteiger charge is -2.30. The highest BCUT2D eigenvalue weighted by molar-refractivity contribution is 5.85. The highest BCUT2D eigenvalue weighted by atomic mass is 35.5. The van der Waals surface area contributed by atoms with E-state index in [0.717, 1.165) is 38.0 Å². The number of halogens is 2. The van der Waals surface area contributed by atoms with Crippen LogP contribution in [0, 0.1) is 12.7 Å². The fraction of sp³-hybridized carbons (Fsp3) is 0.538. The molecule has 1 unspecified atom stereocenters. The largest absolute Gasteiger partial charge is 0.327 e. The lowest BCUT2D eigenvalue weighted by Crippen LogP contribution is -2.42. The van der Waals surface area contributed by atoms with Crippen molar-refractivity contribution in [3.63, 3.8) is 0 Å². The lowest BCUT2D eigenvalue weighted by atomic mass is 10.1. The van der Waals surface area contributed by atoms with Crippen molar-refractivity contribution in [1.82, 2.24) is 4.90 Å². The first-order valence-corrected chi connectivity index (χ1v) is 5.88. The quantitative estimate of drug-likeness (QED) is 0.883. The number of nitrogens with two attached hydrogens (primary N) is 1. The second kappa shape index (κ2) is 6.34. The third-order valence-electron chi connectivity index (χ3n) is 3.18. The molecule has 2 rings (SSSR count). The number of rotatable bonds is 2. The third-order valence-corrected chi connectivity index (χ3v) is 3.18. The Morgan fingerprint density at radius 3 is 2.88 bits per heavy atom. The van der Waals surface area contributed by atoms with Gasteiger partial charge >= 0.3 is 0 Å². The van der Waals surface area contributed by atoms with E-state index in [9.17, 15) is 4.39 Å². The molecule has 0 aromatic heterocycles. The predicted octanol–water partition coefficient (Wildman–Crippen LogP) is 2.48. The highest BCUT2D eigenvalue weighted by Gasteiger charge is 2.16. The fourth-order valence-corrected chi connectivity index (χ4v) is 2.23. The van der Waals surface area contributed by atoms with E-state index >= 15 is 0 Å². The maximum absolute atomic E-state index is 13.4. The van der Waals surface area contributed by atoms with Gasteiger partial charge in [0.1, 0.15) is 5.82 Å².